The average molecular weight is 278 g/mol. The van der Waals surface area contributed by atoms with Crippen LogP contribution in [0.1, 0.15) is 5.89 Å². The normalized spacial score (nSPS) is 17.6. The van der Waals surface area contributed by atoms with Gasteiger partial charge in [-0.2, -0.15) is 4.98 Å². The van der Waals surface area contributed by atoms with E-state index in [-0.39, 0.29) is 6.61 Å². The van der Waals surface area contributed by atoms with Gasteiger partial charge in [0.25, 0.3) is 0 Å². The van der Waals surface area contributed by atoms with Crippen molar-refractivity contribution in [1.29, 1.82) is 0 Å². The van der Waals surface area contributed by atoms with E-state index >= 15 is 0 Å². The van der Waals surface area contributed by atoms with Gasteiger partial charge in [-0.3, -0.25) is 9.80 Å². The molecule has 0 bridgehead atoms. The highest BCUT2D eigenvalue weighted by molar-refractivity contribution is 5.51. The van der Waals surface area contributed by atoms with Crippen LogP contribution >= 0.6 is 0 Å². The third-order valence-electron chi connectivity index (χ3n) is 3.49. The van der Waals surface area contributed by atoms with Gasteiger partial charge < -0.3 is 14.0 Å². The first-order valence-corrected chi connectivity index (χ1v) is 6.76. The van der Waals surface area contributed by atoms with Crippen molar-refractivity contribution in [3.05, 3.63) is 24.5 Å². The molecule has 0 atom stereocenters. The summed E-state index contributed by atoms with van der Waals surface area (Å²) in [5, 5.41) is 12.9. The van der Waals surface area contributed by atoms with Gasteiger partial charge in [-0.15, -0.1) is 0 Å². The summed E-state index contributed by atoms with van der Waals surface area (Å²) in [5.74, 6) is 1.18. The number of nitrogens with zero attached hydrogens (tertiary/aromatic N) is 4. The van der Waals surface area contributed by atoms with Gasteiger partial charge in [0.2, 0.25) is 11.7 Å². The summed E-state index contributed by atoms with van der Waals surface area (Å²) in [6.45, 7) is 5.45. The SMILES string of the molecule is OCCN1CCN(Cc2nc(-c3ccoc3)no2)CC1. The molecule has 0 aromatic carbocycles. The number of hydrogen-bond acceptors (Lipinski definition) is 7. The summed E-state index contributed by atoms with van der Waals surface area (Å²) in [4.78, 5) is 8.90. The largest absolute Gasteiger partial charge is 0.472 e. The second kappa shape index (κ2) is 6.17. The molecular formula is C13H18N4O3. The number of piperazine rings is 1. The Balaban J connectivity index is 1.54. The van der Waals surface area contributed by atoms with Crippen molar-refractivity contribution < 1.29 is 14.0 Å². The number of hydrogen-bond donors (Lipinski definition) is 1. The fourth-order valence-electron chi connectivity index (χ4n) is 2.33. The number of aliphatic hydroxyl groups excluding tert-OH is 1. The Morgan fingerprint density at radius 2 is 2.00 bits per heavy atom. The number of furan rings is 1. The molecule has 1 aliphatic rings. The molecule has 3 heterocycles. The molecule has 1 aliphatic heterocycles. The Bertz CT molecular complexity index is 517. The van der Waals surface area contributed by atoms with E-state index < -0.39 is 0 Å². The summed E-state index contributed by atoms with van der Waals surface area (Å²) in [6, 6.07) is 1.81. The molecule has 20 heavy (non-hydrogen) atoms. The van der Waals surface area contributed by atoms with E-state index in [4.69, 9.17) is 14.0 Å². The lowest BCUT2D eigenvalue weighted by molar-refractivity contribution is 0.101. The van der Waals surface area contributed by atoms with Gasteiger partial charge in [0.1, 0.15) is 6.26 Å². The van der Waals surface area contributed by atoms with Crippen LogP contribution in [0.3, 0.4) is 0 Å². The van der Waals surface area contributed by atoms with E-state index in [0.717, 1.165) is 38.3 Å². The minimum absolute atomic E-state index is 0.220. The van der Waals surface area contributed by atoms with E-state index in [1.165, 1.54) is 0 Å². The maximum absolute atomic E-state index is 8.92. The van der Waals surface area contributed by atoms with Crippen molar-refractivity contribution in [2.24, 2.45) is 0 Å². The summed E-state index contributed by atoms with van der Waals surface area (Å²) in [7, 11) is 0. The van der Waals surface area contributed by atoms with Crippen LogP contribution in [-0.4, -0.2) is 64.4 Å². The molecule has 0 spiro atoms. The lowest BCUT2D eigenvalue weighted by atomic mass is 10.3. The molecule has 2 aromatic heterocycles. The Labute approximate surface area is 116 Å². The molecule has 3 rings (SSSR count). The highest BCUT2D eigenvalue weighted by Gasteiger charge is 2.19. The van der Waals surface area contributed by atoms with Crippen LogP contribution in [0, 0.1) is 0 Å². The molecule has 1 fully saturated rings. The molecule has 0 saturated carbocycles. The third-order valence-corrected chi connectivity index (χ3v) is 3.49. The minimum Gasteiger partial charge on any atom is -0.472 e. The van der Waals surface area contributed by atoms with Crippen LogP contribution in [0.15, 0.2) is 27.5 Å². The molecule has 0 aliphatic carbocycles. The van der Waals surface area contributed by atoms with Crippen LogP contribution in [0.5, 0.6) is 0 Å². The van der Waals surface area contributed by atoms with Crippen molar-refractivity contribution in [1.82, 2.24) is 19.9 Å². The summed E-state index contributed by atoms with van der Waals surface area (Å²) in [6.07, 6.45) is 3.19. The molecule has 7 nitrogen and oxygen atoms in total. The number of aromatic nitrogens is 2. The van der Waals surface area contributed by atoms with Crippen molar-refractivity contribution >= 4 is 0 Å². The zero-order valence-electron chi connectivity index (χ0n) is 11.2. The summed E-state index contributed by atoms with van der Waals surface area (Å²) < 4.78 is 10.3. The van der Waals surface area contributed by atoms with E-state index in [1.807, 2.05) is 6.07 Å². The highest BCUT2D eigenvalue weighted by Crippen LogP contribution is 2.16. The van der Waals surface area contributed by atoms with E-state index in [0.29, 0.717) is 18.3 Å². The predicted octanol–water partition coefficient (Wildman–Crippen LogP) is 0.439. The Morgan fingerprint density at radius 3 is 2.70 bits per heavy atom. The lowest BCUT2D eigenvalue weighted by Gasteiger charge is -2.33. The second-order valence-corrected chi connectivity index (χ2v) is 4.87. The quantitative estimate of drug-likeness (QED) is 0.850. The summed E-state index contributed by atoms with van der Waals surface area (Å²) in [5.41, 5.74) is 0.827. The van der Waals surface area contributed by atoms with Crippen LogP contribution in [0.4, 0.5) is 0 Å². The Morgan fingerprint density at radius 1 is 1.20 bits per heavy atom. The molecule has 1 N–H and O–H groups in total. The summed E-state index contributed by atoms with van der Waals surface area (Å²) >= 11 is 0. The molecule has 108 valence electrons. The zero-order valence-corrected chi connectivity index (χ0v) is 11.2. The maximum atomic E-state index is 8.92. The Hall–Kier alpha value is -1.70. The fraction of sp³-hybridized carbons (Fsp3) is 0.538. The molecule has 0 radical (unpaired) electrons. The van der Waals surface area contributed by atoms with Crippen LogP contribution in [0.25, 0.3) is 11.4 Å². The van der Waals surface area contributed by atoms with Gasteiger partial charge >= 0.3 is 0 Å². The molecule has 7 heteroatoms. The topological polar surface area (TPSA) is 78.8 Å². The van der Waals surface area contributed by atoms with Gasteiger partial charge in [0, 0.05) is 32.7 Å². The first-order valence-electron chi connectivity index (χ1n) is 6.76. The van der Waals surface area contributed by atoms with Gasteiger partial charge in [0.05, 0.1) is 25.0 Å². The number of β-amino-alcohol motifs (C(OH)–C–C–N with tert-alkyl or cyclic N) is 1. The predicted molar refractivity (Wildman–Crippen MR) is 70.8 cm³/mol. The van der Waals surface area contributed by atoms with E-state index in [2.05, 4.69) is 19.9 Å². The standard InChI is InChI=1S/C13H18N4O3/c18-7-6-16-2-4-17(5-3-16)9-12-14-13(15-20-12)11-1-8-19-10-11/h1,8,10,18H,2-7,9H2. The van der Waals surface area contributed by atoms with Crippen molar-refractivity contribution in [3.63, 3.8) is 0 Å². The van der Waals surface area contributed by atoms with Crippen molar-refractivity contribution in [2.45, 2.75) is 6.54 Å². The van der Waals surface area contributed by atoms with Crippen LogP contribution in [-0.2, 0) is 6.54 Å². The third kappa shape index (κ3) is 3.06. The average Bonchev–Trinajstić information content (AvgIpc) is 3.12. The molecule has 2 aromatic rings. The molecule has 1 saturated heterocycles. The van der Waals surface area contributed by atoms with Gasteiger partial charge in [-0.25, -0.2) is 0 Å². The van der Waals surface area contributed by atoms with Crippen LogP contribution < -0.4 is 0 Å². The maximum Gasteiger partial charge on any atom is 0.241 e. The lowest BCUT2D eigenvalue weighted by Crippen LogP contribution is -2.46. The number of aliphatic hydroxyl groups is 1. The Kier molecular flexibility index (Phi) is 4.10. The minimum atomic E-state index is 0.220. The van der Waals surface area contributed by atoms with Crippen molar-refractivity contribution in [3.8, 4) is 11.4 Å². The van der Waals surface area contributed by atoms with Gasteiger partial charge in [-0.05, 0) is 6.07 Å². The van der Waals surface area contributed by atoms with E-state index in [9.17, 15) is 0 Å². The monoisotopic (exact) mass is 278 g/mol. The molecule has 0 amide bonds. The highest BCUT2D eigenvalue weighted by atomic mass is 16.5. The van der Waals surface area contributed by atoms with Crippen LogP contribution in [0.2, 0.25) is 0 Å². The van der Waals surface area contributed by atoms with E-state index in [1.54, 1.807) is 12.5 Å². The van der Waals surface area contributed by atoms with Crippen molar-refractivity contribution in [2.75, 3.05) is 39.3 Å². The second-order valence-electron chi connectivity index (χ2n) is 4.87. The number of rotatable bonds is 5. The smallest absolute Gasteiger partial charge is 0.241 e. The first kappa shape index (κ1) is 13.3. The fourth-order valence-corrected chi connectivity index (χ4v) is 2.33. The molecular weight excluding hydrogens is 260 g/mol. The van der Waals surface area contributed by atoms with Gasteiger partial charge in [-0.1, -0.05) is 5.16 Å². The molecule has 0 unspecified atom stereocenters. The first-order chi connectivity index (χ1) is 9.85. The van der Waals surface area contributed by atoms with Gasteiger partial charge in [0.15, 0.2) is 0 Å². The zero-order chi connectivity index (χ0) is 13.8.